The Morgan fingerprint density at radius 1 is 0.817 bits per heavy atom. The van der Waals surface area contributed by atoms with E-state index in [1.165, 1.54) is 11.1 Å². The molecule has 2 atom stereocenters. The van der Waals surface area contributed by atoms with Crippen LogP contribution in [-0.4, -0.2) is 17.0 Å². The number of hydrogen-bond acceptors (Lipinski definition) is 12. The van der Waals surface area contributed by atoms with Gasteiger partial charge in [-0.25, -0.2) is 0 Å². The Morgan fingerprint density at radius 3 is 2.13 bits per heavy atom. The molecule has 2 heterocycles. The van der Waals surface area contributed by atoms with E-state index in [0.717, 1.165) is 102 Å². The first-order chi connectivity index (χ1) is 29.1. The van der Waals surface area contributed by atoms with E-state index in [4.69, 9.17) is 34.8 Å². The van der Waals surface area contributed by atoms with Crippen LogP contribution in [-0.2, 0) is 25.3 Å². The summed E-state index contributed by atoms with van der Waals surface area (Å²) in [6, 6.07) is 28.9. The van der Waals surface area contributed by atoms with Crippen LogP contribution in [0.15, 0.2) is 130 Å². The molecule has 5 aromatic rings. The molecule has 0 amide bonds. The number of nitrogens with zero attached hydrogens (tertiary/aromatic N) is 3. The van der Waals surface area contributed by atoms with E-state index < -0.39 is 0 Å². The lowest BCUT2D eigenvalue weighted by molar-refractivity contribution is -0.777. The smallest absolute Gasteiger partial charge is 0.262 e. The molecule has 4 aromatic carbocycles. The number of thioether (sulfide) groups is 1. The van der Waals surface area contributed by atoms with E-state index in [9.17, 15) is 10.5 Å². The molecule has 7 rings (SSSR count). The second-order valence-electron chi connectivity index (χ2n) is 14.2. The Hall–Kier alpha value is -2.99. The van der Waals surface area contributed by atoms with Gasteiger partial charge in [0.25, 0.3) is 5.01 Å². The van der Waals surface area contributed by atoms with Crippen molar-refractivity contribution >= 4 is 115 Å². The maximum absolute atomic E-state index is 10.5. The molecule has 1 aliphatic heterocycles. The number of thiazole rings is 1. The molecule has 0 fully saturated rings. The van der Waals surface area contributed by atoms with Gasteiger partial charge in [0.15, 0.2) is 6.54 Å². The minimum atomic E-state index is -0.00487. The predicted molar refractivity (Wildman–Crippen MR) is 246 cm³/mol. The van der Waals surface area contributed by atoms with Crippen LogP contribution in [0, 0.1) is 6.92 Å². The van der Waals surface area contributed by atoms with E-state index in [1.54, 1.807) is 23.1 Å². The summed E-state index contributed by atoms with van der Waals surface area (Å²) >= 11 is 25.1. The van der Waals surface area contributed by atoms with Crippen LogP contribution in [0.25, 0.3) is 16.3 Å². The van der Waals surface area contributed by atoms with Gasteiger partial charge in [-0.2, -0.15) is 13.2 Å². The van der Waals surface area contributed by atoms with Crippen molar-refractivity contribution in [1.29, 1.82) is 0 Å². The fourth-order valence-electron chi connectivity index (χ4n) is 7.15. The van der Waals surface area contributed by atoms with Crippen molar-refractivity contribution in [2.75, 3.05) is 16.3 Å². The van der Waals surface area contributed by atoms with Gasteiger partial charge in [-0.15, -0.1) is 0 Å². The molecule has 0 saturated heterocycles. The summed E-state index contributed by atoms with van der Waals surface area (Å²) in [6.07, 6.45) is 12.0. The zero-order chi connectivity index (χ0) is 42.2. The number of rotatable bonds is 18. The molecule has 0 radical (unpaired) electrons. The number of para-hydroxylation sites is 2. The van der Waals surface area contributed by atoms with Crippen molar-refractivity contribution in [3.05, 3.63) is 151 Å². The van der Waals surface area contributed by atoms with E-state index in [2.05, 4.69) is 112 Å². The molecule has 16 heteroatoms. The summed E-state index contributed by atoms with van der Waals surface area (Å²) in [7, 11) is 0. The molecule has 2 aliphatic rings. The van der Waals surface area contributed by atoms with Gasteiger partial charge >= 0.3 is 0 Å². The van der Waals surface area contributed by atoms with Gasteiger partial charge in [-0.1, -0.05) is 114 Å². The average molecular weight is 942 g/mol. The van der Waals surface area contributed by atoms with Gasteiger partial charge in [-0.3, -0.25) is 10.1 Å². The summed E-state index contributed by atoms with van der Waals surface area (Å²) in [4.78, 5) is 5.76. The number of anilines is 3. The van der Waals surface area contributed by atoms with Crippen LogP contribution >= 0.6 is 82.0 Å². The zero-order valence-corrected chi connectivity index (χ0v) is 38.4. The fraction of sp³-hybridized carbons (Fsp3) is 0.250. The van der Waals surface area contributed by atoms with Gasteiger partial charge in [0, 0.05) is 81.0 Å². The first-order valence-corrected chi connectivity index (χ1v) is 23.6. The predicted octanol–water partition coefficient (Wildman–Crippen LogP) is 12.0. The summed E-state index contributed by atoms with van der Waals surface area (Å²) in [5.74, 6) is 0. The fourth-order valence-corrected chi connectivity index (χ4v) is 10.7. The highest BCUT2D eigenvalue weighted by atomic mass is 35.5. The van der Waals surface area contributed by atoms with Gasteiger partial charge < -0.3 is 20.3 Å². The summed E-state index contributed by atoms with van der Waals surface area (Å²) in [6.45, 7) is 7.36. The number of allylic oxidation sites excluding steroid dienone is 5. The highest BCUT2D eigenvalue weighted by Crippen LogP contribution is 2.49. The third kappa shape index (κ3) is 10.8. The number of hydrogen-bond donors (Lipinski definition) is 0. The summed E-state index contributed by atoms with van der Waals surface area (Å²) in [5.41, 5.74) is 8.68. The molecule has 2 unspecified atom stereocenters. The third-order valence-electron chi connectivity index (χ3n) is 10.1. The van der Waals surface area contributed by atoms with Crippen LogP contribution in [0.4, 0.5) is 17.1 Å². The van der Waals surface area contributed by atoms with Crippen molar-refractivity contribution in [1.82, 2.24) is 0 Å². The molecule has 9 nitrogen and oxygen atoms in total. The van der Waals surface area contributed by atoms with Gasteiger partial charge in [0.2, 0.25) is 5.52 Å². The minimum absolute atomic E-state index is 0.00487. The summed E-state index contributed by atoms with van der Waals surface area (Å²) in [5, 5.41) is 32.1. The Morgan fingerprint density at radius 2 is 1.47 bits per heavy atom. The van der Waals surface area contributed by atoms with Gasteiger partial charge in [0.05, 0.1) is 26.5 Å². The van der Waals surface area contributed by atoms with E-state index >= 15 is 0 Å². The monoisotopic (exact) mass is 940 g/mol. The maximum Gasteiger partial charge on any atom is 0.262 e. The van der Waals surface area contributed by atoms with Gasteiger partial charge in [0.1, 0.15) is 4.70 Å². The van der Waals surface area contributed by atoms with Crippen LogP contribution in [0.1, 0.15) is 50.1 Å². The molecule has 0 spiro atoms. The molecule has 314 valence electrons. The molecule has 60 heavy (non-hydrogen) atoms. The molecule has 1 aliphatic carbocycles. The maximum atomic E-state index is 10.5. The lowest BCUT2D eigenvalue weighted by Crippen LogP contribution is -2.36. The largest absolute Gasteiger partial charge is 0.691 e. The van der Waals surface area contributed by atoms with Crippen LogP contribution in [0.5, 0.6) is 0 Å². The third-order valence-corrected chi connectivity index (χ3v) is 14.9. The van der Waals surface area contributed by atoms with Crippen LogP contribution < -0.4 is 24.9 Å². The average Bonchev–Trinajstić information content (AvgIpc) is 3.92. The van der Waals surface area contributed by atoms with Gasteiger partial charge in [-0.05, 0) is 97.5 Å². The number of aromatic nitrogens is 1. The highest BCUT2D eigenvalue weighted by molar-refractivity contribution is 8.03. The highest BCUT2D eigenvalue weighted by Gasteiger charge is 2.30. The number of halogens is 3. The normalized spacial score (nSPS) is 16.6. The Bertz CT molecular complexity index is 2380. The summed E-state index contributed by atoms with van der Waals surface area (Å²) < 4.78 is 12.5. The van der Waals surface area contributed by atoms with Crippen LogP contribution in [0.2, 0.25) is 15.1 Å². The van der Waals surface area contributed by atoms with Crippen LogP contribution in [0.3, 0.4) is 0 Å². The lowest BCUT2D eigenvalue weighted by atomic mass is 10.1. The molecule has 0 bridgehead atoms. The van der Waals surface area contributed by atoms with Crippen molar-refractivity contribution in [2.24, 2.45) is 0 Å². The zero-order valence-electron chi connectivity index (χ0n) is 32.8. The standard InChI is InChI=1S/C44H42Cl3N3O6S4/c1-28-24-38-40(26-35(28)45)57-42(48(38)22-20-29(2)59-55-53-51)18-16-31-14-15-32(44(31)50(33-10-6-4-7-11-33)34-12-8-5-9-13-34)17-19-43-49(23-21-30(3)60-56-54-52)39-25-36(46)37(47)27-41(39)58-43/h4-13,16-19,24-27,29-30H,14-15,20-23H2,1-3H3,(H-,51,52)/p-1. The van der Waals surface area contributed by atoms with E-state index in [-0.39, 0.29) is 10.5 Å². The first-order valence-electron chi connectivity index (χ1n) is 19.2. The number of fused-ring (bicyclic) bond motifs is 2. The molecule has 1 aromatic heterocycles. The second-order valence-corrected chi connectivity index (χ2v) is 19.8. The minimum Gasteiger partial charge on any atom is -0.691 e. The lowest BCUT2D eigenvalue weighted by Gasteiger charge is -2.28. The SMILES string of the molecule is Cc1cc2c(cc1Cl)S/C(=C\C=C1/CCC(/C=C/c3sc4cc(Cl)c(Cl)cc4[n+]3CCC(C)SOO[O-])=C1N(c1ccccc1)c1ccccc1)N2CCC(C)SOO[O-]. The topological polar surface area (TPSA) is 93.4 Å². The van der Waals surface area contributed by atoms with Crippen molar-refractivity contribution in [3.63, 3.8) is 0 Å². The van der Waals surface area contributed by atoms with Crippen molar-refractivity contribution in [3.8, 4) is 0 Å². The van der Waals surface area contributed by atoms with E-state index in [0.29, 0.717) is 29.6 Å². The van der Waals surface area contributed by atoms with Crippen molar-refractivity contribution < 1.29 is 33.8 Å². The first kappa shape index (κ1) is 45.0. The number of benzene rings is 4. The Balaban J connectivity index is 1.32. The van der Waals surface area contributed by atoms with E-state index in [1.807, 2.05) is 51.1 Å². The number of aryl methyl sites for hydroxylation is 2. The Kier molecular flexibility index (Phi) is 16.1. The molecule has 0 saturated carbocycles. The quantitative estimate of drug-likeness (QED) is 0.0364. The molecular weight excluding hydrogens is 901 g/mol. The van der Waals surface area contributed by atoms with Crippen molar-refractivity contribution in [2.45, 2.75) is 68.4 Å². The molecular formula is C44H41Cl3N3O6S4-. The second kappa shape index (κ2) is 21.4. The molecule has 0 N–H and O–H groups in total. The Labute approximate surface area is 381 Å².